The fraction of sp³-hybridized carbons (Fsp3) is 0.917. The van der Waals surface area contributed by atoms with E-state index in [-0.39, 0.29) is 11.9 Å². The maximum absolute atomic E-state index is 11.3. The third kappa shape index (κ3) is 3.76. The molecule has 1 rings (SSSR count). The number of rotatable bonds is 6. The van der Waals surface area contributed by atoms with E-state index in [2.05, 4.69) is 17.1 Å². The van der Waals surface area contributed by atoms with Gasteiger partial charge >= 0.3 is 0 Å². The SMILES string of the molecule is CCNCC1CCN(C(CC)C(N)=O)CC1. The summed E-state index contributed by atoms with van der Waals surface area (Å²) >= 11 is 0. The van der Waals surface area contributed by atoms with Crippen molar-refractivity contribution in [1.29, 1.82) is 0 Å². The van der Waals surface area contributed by atoms with Crippen molar-refractivity contribution in [2.24, 2.45) is 11.7 Å². The summed E-state index contributed by atoms with van der Waals surface area (Å²) in [6, 6.07) is -0.0555. The van der Waals surface area contributed by atoms with Crippen LogP contribution in [0.2, 0.25) is 0 Å². The number of likely N-dealkylation sites (tertiary alicyclic amines) is 1. The fourth-order valence-corrected chi connectivity index (χ4v) is 2.46. The van der Waals surface area contributed by atoms with E-state index in [1.165, 1.54) is 12.8 Å². The van der Waals surface area contributed by atoms with Crippen molar-refractivity contribution in [2.45, 2.75) is 39.2 Å². The summed E-state index contributed by atoms with van der Waals surface area (Å²) in [5, 5.41) is 3.39. The second-order valence-corrected chi connectivity index (χ2v) is 4.61. The Bertz CT molecular complexity index is 212. The molecule has 0 aromatic heterocycles. The van der Waals surface area contributed by atoms with Crippen molar-refractivity contribution in [3.8, 4) is 0 Å². The summed E-state index contributed by atoms with van der Waals surface area (Å²) < 4.78 is 0. The highest BCUT2D eigenvalue weighted by atomic mass is 16.1. The van der Waals surface area contributed by atoms with Crippen molar-refractivity contribution in [3.63, 3.8) is 0 Å². The zero-order valence-corrected chi connectivity index (χ0v) is 10.5. The van der Waals surface area contributed by atoms with Gasteiger partial charge in [-0.1, -0.05) is 13.8 Å². The van der Waals surface area contributed by atoms with Crippen molar-refractivity contribution >= 4 is 5.91 Å². The third-order valence-corrected chi connectivity index (χ3v) is 3.49. The average molecular weight is 227 g/mol. The number of piperidine rings is 1. The van der Waals surface area contributed by atoms with E-state index in [9.17, 15) is 4.79 Å². The smallest absolute Gasteiger partial charge is 0.234 e. The lowest BCUT2D eigenvalue weighted by atomic mass is 9.95. The Morgan fingerprint density at radius 3 is 2.50 bits per heavy atom. The standard InChI is InChI=1S/C12H25N3O/c1-3-11(12(13)16)15-7-5-10(6-8-15)9-14-4-2/h10-11,14H,3-9H2,1-2H3,(H2,13,16). The molecule has 0 radical (unpaired) electrons. The van der Waals surface area contributed by atoms with Crippen molar-refractivity contribution in [1.82, 2.24) is 10.2 Å². The number of hydrogen-bond acceptors (Lipinski definition) is 3. The van der Waals surface area contributed by atoms with Crippen molar-refractivity contribution in [2.75, 3.05) is 26.2 Å². The lowest BCUT2D eigenvalue weighted by Gasteiger charge is -2.35. The highest BCUT2D eigenvalue weighted by Crippen LogP contribution is 2.19. The molecule has 0 spiro atoms. The second kappa shape index (κ2) is 6.86. The van der Waals surface area contributed by atoms with Crippen LogP contribution in [0.3, 0.4) is 0 Å². The molecule has 4 nitrogen and oxygen atoms in total. The molecule has 1 fully saturated rings. The van der Waals surface area contributed by atoms with Gasteiger partial charge in [0.15, 0.2) is 0 Å². The number of carbonyl (C=O) groups is 1. The first kappa shape index (κ1) is 13.5. The summed E-state index contributed by atoms with van der Waals surface area (Å²) in [6.07, 6.45) is 3.18. The van der Waals surface area contributed by atoms with E-state index in [4.69, 9.17) is 5.73 Å². The Kier molecular flexibility index (Phi) is 5.77. The van der Waals surface area contributed by atoms with E-state index in [1.807, 2.05) is 6.92 Å². The molecule has 0 aromatic carbocycles. The molecule has 94 valence electrons. The summed E-state index contributed by atoms with van der Waals surface area (Å²) in [4.78, 5) is 13.5. The fourth-order valence-electron chi connectivity index (χ4n) is 2.46. The first-order valence-corrected chi connectivity index (χ1v) is 6.43. The predicted octanol–water partition coefficient (Wildman–Crippen LogP) is 0.572. The Morgan fingerprint density at radius 1 is 1.44 bits per heavy atom. The quantitative estimate of drug-likeness (QED) is 0.697. The van der Waals surface area contributed by atoms with Crippen LogP contribution in [0, 0.1) is 5.92 Å². The molecule has 1 heterocycles. The minimum absolute atomic E-state index is 0.0555. The van der Waals surface area contributed by atoms with E-state index in [1.54, 1.807) is 0 Å². The van der Waals surface area contributed by atoms with Gasteiger partial charge in [0, 0.05) is 0 Å². The monoisotopic (exact) mass is 227 g/mol. The predicted molar refractivity (Wildman–Crippen MR) is 66.1 cm³/mol. The number of hydrogen-bond donors (Lipinski definition) is 2. The first-order chi connectivity index (χ1) is 7.69. The van der Waals surface area contributed by atoms with Crippen molar-refractivity contribution < 1.29 is 4.79 Å². The van der Waals surface area contributed by atoms with E-state index >= 15 is 0 Å². The maximum Gasteiger partial charge on any atom is 0.234 e. The normalized spacial score (nSPS) is 20.9. The van der Waals surface area contributed by atoms with E-state index < -0.39 is 0 Å². The summed E-state index contributed by atoms with van der Waals surface area (Å²) in [7, 11) is 0. The van der Waals surface area contributed by atoms with E-state index in [0.29, 0.717) is 0 Å². The molecule has 1 aliphatic rings. The molecule has 1 saturated heterocycles. The van der Waals surface area contributed by atoms with Gasteiger partial charge in [-0.2, -0.15) is 0 Å². The van der Waals surface area contributed by atoms with Gasteiger partial charge in [-0.05, 0) is 51.4 Å². The van der Waals surface area contributed by atoms with Gasteiger partial charge < -0.3 is 11.1 Å². The Hall–Kier alpha value is -0.610. The zero-order valence-electron chi connectivity index (χ0n) is 10.5. The van der Waals surface area contributed by atoms with Crippen LogP contribution in [-0.4, -0.2) is 43.0 Å². The molecule has 3 N–H and O–H groups in total. The van der Waals surface area contributed by atoms with Gasteiger partial charge in [0.1, 0.15) is 0 Å². The summed E-state index contributed by atoms with van der Waals surface area (Å²) in [5.41, 5.74) is 5.40. The van der Waals surface area contributed by atoms with Gasteiger partial charge in [0.05, 0.1) is 6.04 Å². The van der Waals surface area contributed by atoms with Crippen LogP contribution in [0.4, 0.5) is 0 Å². The number of nitrogens with zero attached hydrogens (tertiary/aromatic N) is 1. The highest BCUT2D eigenvalue weighted by Gasteiger charge is 2.26. The van der Waals surface area contributed by atoms with Gasteiger partial charge in [-0.25, -0.2) is 0 Å². The molecule has 1 unspecified atom stereocenters. The van der Waals surface area contributed by atoms with Crippen molar-refractivity contribution in [3.05, 3.63) is 0 Å². The average Bonchev–Trinajstić information content (AvgIpc) is 2.28. The topological polar surface area (TPSA) is 58.4 Å². The third-order valence-electron chi connectivity index (χ3n) is 3.49. The van der Waals surface area contributed by atoms with Crippen LogP contribution in [0.5, 0.6) is 0 Å². The molecule has 4 heteroatoms. The number of nitrogens with two attached hydrogens (primary N) is 1. The highest BCUT2D eigenvalue weighted by molar-refractivity contribution is 5.79. The van der Waals surface area contributed by atoms with Gasteiger partial charge in [-0.3, -0.25) is 9.69 Å². The molecule has 0 aromatic rings. The van der Waals surface area contributed by atoms with Crippen LogP contribution in [0.25, 0.3) is 0 Å². The number of nitrogens with one attached hydrogen (secondary N) is 1. The number of amides is 1. The lowest BCUT2D eigenvalue weighted by Crippen LogP contribution is -2.48. The van der Waals surface area contributed by atoms with Crippen LogP contribution in [0.1, 0.15) is 33.1 Å². The van der Waals surface area contributed by atoms with E-state index in [0.717, 1.165) is 38.5 Å². The Labute approximate surface area is 98.6 Å². The van der Waals surface area contributed by atoms with Gasteiger partial charge in [0.25, 0.3) is 0 Å². The summed E-state index contributed by atoms with van der Waals surface area (Å²) in [6.45, 7) is 8.33. The molecule has 0 saturated carbocycles. The largest absolute Gasteiger partial charge is 0.368 e. The van der Waals surface area contributed by atoms with Crippen LogP contribution >= 0.6 is 0 Å². The Balaban J connectivity index is 2.33. The molecule has 0 aliphatic carbocycles. The lowest BCUT2D eigenvalue weighted by molar-refractivity contribution is -0.123. The molecule has 16 heavy (non-hydrogen) atoms. The minimum atomic E-state index is -0.173. The van der Waals surface area contributed by atoms with Gasteiger partial charge in [0.2, 0.25) is 5.91 Å². The van der Waals surface area contributed by atoms with Gasteiger partial charge in [-0.15, -0.1) is 0 Å². The first-order valence-electron chi connectivity index (χ1n) is 6.43. The molecule has 1 atom stereocenters. The molecular weight excluding hydrogens is 202 g/mol. The molecule has 1 aliphatic heterocycles. The summed E-state index contributed by atoms with van der Waals surface area (Å²) in [5.74, 6) is 0.592. The molecule has 1 amide bonds. The molecule has 0 bridgehead atoms. The van der Waals surface area contributed by atoms with Crippen LogP contribution in [0.15, 0.2) is 0 Å². The molecular formula is C12H25N3O. The minimum Gasteiger partial charge on any atom is -0.368 e. The van der Waals surface area contributed by atoms with Crippen LogP contribution < -0.4 is 11.1 Å². The Morgan fingerprint density at radius 2 is 2.06 bits per heavy atom. The maximum atomic E-state index is 11.3. The number of primary amides is 1. The van der Waals surface area contributed by atoms with Crippen LogP contribution in [-0.2, 0) is 4.79 Å². The number of carbonyl (C=O) groups excluding carboxylic acids is 1. The second-order valence-electron chi connectivity index (χ2n) is 4.61. The zero-order chi connectivity index (χ0) is 12.0.